The summed E-state index contributed by atoms with van der Waals surface area (Å²) in [5.74, 6) is -0.766. The summed E-state index contributed by atoms with van der Waals surface area (Å²) in [6, 6.07) is 7.17. The molecule has 0 unspecified atom stereocenters. The first-order valence-electron chi connectivity index (χ1n) is 9.02. The van der Waals surface area contributed by atoms with Crippen molar-refractivity contribution in [3.63, 3.8) is 0 Å². The summed E-state index contributed by atoms with van der Waals surface area (Å²) in [6.45, 7) is 5.45. The third-order valence-electron chi connectivity index (χ3n) is 4.77. The molecule has 0 atom stereocenters. The Bertz CT molecular complexity index is 882. The van der Waals surface area contributed by atoms with E-state index >= 15 is 0 Å². The summed E-state index contributed by atoms with van der Waals surface area (Å²) in [7, 11) is 0. The molecule has 138 valence electrons. The number of benzene rings is 1. The van der Waals surface area contributed by atoms with Crippen LogP contribution in [0.4, 0.5) is 0 Å². The first-order chi connectivity index (χ1) is 12.6. The van der Waals surface area contributed by atoms with E-state index in [0.717, 1.165) is 5.52 Å². The Kier molecular flexibility index (Phi) is 5.35. The predicted octanol–water partition coefficient (Wildman–Crippen LogP) is 1.83. The number of para-hydroxylation sites is 1. The Hall–Kier alpha value is -2.70. The van der Waals surface area contributed by atoms with E-state index < -0.39 is 0 Å². The van der Waals surface area contributed by atoms with Gasteiger partial charge in [0, 0.05) is 25.0 Å². The third-order valence-corrected chi connectivity index (χ3v) is 4.77. The highest BCUT2D eigenvalue weighted by molar-refractivity contribution is 5.95. The summed E-state index contributed by atoms with van der Waals surface area (Å²) in [5, 5.41) is 4.79. The summed E-state index contributed by atoms with van der Waals surface area (Å²) in [4.78, 5) is 39.1. The van der Waals surface area contributed by atoms with Crippen LogP contribution in [0.5, 0.6) is 0 Å². The van der Waals surface area contributed by atoms with Gasteiger partial charge in [-0.15, -0.1) is 0 Å². The average molecular weight is 357 g/mol. The van der Waals surface area contributed by atoms with Gasteiger partial charge in [0.15, 0.2) is 5.69 Å². The molecule has 3 rings (SSSR count). The number of rotatable bonds is 4. The number of ether oxygens (including phenoxy) is 1. The van der Waals surface area contributed by atoms with Crippen molar-refractivity contribution in [1.82, 2.24) is 14.7 Å². The number of hydrogen-bond acceptors (Lipinski definition) is 5. The molecule has 0 bridgehead atoms. The maximum atomic E-state index is 12.9. The highest BCUT2D eigenvalue weighted by Crippen LogP contribution is 2.20. The van der Waals surface area contributed by atoms with Crippen molar-refractivity contribution in [1.29, 1.82) is 0 Å². The summed E-state index contributed by atoms with van der Waals surface area (Å²) >= 11 is 0. The van der Waals surface area contributed by atoms with E-state index in [1.165, 1.54) is 0 Å². The number of carbonyl (C=O) groups is 2. The number of likely N-dealkylation sites (tertiary alicyclic amines) is 1. The molecule has 2 heterocycles. The maximum Gasteiger partial charge on any atom is 0.309 e. The fraction of sp³-hybridized carbons (Fsp3) is 0.474. The van der Waals surface area contributed by atoms with Crippen molar-refractivity contribution < 1.29 is 14.3 Å². The molecule has 1 aromatic heterocycles. The first kappa shape index (κ1) is 18.1. The van der Waals surface area contributed by atoms with Gasteiger partial charge in [-0.3, -0.25) is 19.1 Å². The van der Waals surface area contributed by atoms with E-state index in [0.29, 0.717) is 44.5 Å². The Balaban J connectivity index is 1.84. The minimum absolute atomic E-state index is 0.0554. The van der Waals surface area contributed by atoms with Gasteiger partial charge in [-0.2, -0.15) is 5.10 Å². The lowest BCUT2D eigenvalue weighted by atomic mass is 9.97. The van der Waals surface area contributed by atoms with E-state index in [9.17, 15) is 14.4 Å². The minimum atomic E-state index is -0.370. The van der Waals surface area contributed by atoms with E-state index in [-0.39, 0.29) is 28.9 Å². The molecule has 1 aromatic carbocycles. The molecule has 26 heavy (non-hydrogen) atoms. The zero-order valence-electron chi connectivity index (χ0n) is 15.1. The smallest absolute Gasteiger partial charge is 0.309 e. The zero-order valence-corrected chi connectivity index (χ0v) is 15.1. The van der Waals surface area contributed by atoms with Crippen LogP contribution in [0, 0.1) is 5.92 Å². The number of piperidine rings is 1. The Morgan fingerprint density at radius 1 is 1.19 bits per heavy atom. The van der Waals surface area contributed by atoms with Crippen molar-refractivity contribution in [2.75, 3.05) is 19.7 Å². The second-order valence-corrected chi connectivity index (χ2v) is 6.33. The van der Waals surface area contributed by atoms with Crippen molar-refractivity contribution in [3.8, 4) is 0 Å². The number of carbonyl (C=O) groups excluding carboxylic acids is 2. The topological polar surface area (TPSA) is 81.5 Å². The van der Waals surface area contributed by atoms with Gasteiger partial charge in [0.25, 0.3) is 5.91 Å². The number of esters is 1. The Morgan fingerprint density at radius 3 is 2.54 bits per heavy atom. The standard InChI is InChI=1S/C19H23N3O4/c1-3-22-15-8-6-5-7-14(15)17(23)16(20-22)18(24)21-11-9-13(10-12-21)19(25)26-4-2/h5-8,13H,3-4,9-12H2,1-2H3. The number of amides is 1. The van der Waals surface area contributed by atoms with Crippen LogP contribution in [-0.2, 0) is 16.1 Å². The fourth-order valence-corrected chi connectivity index (χ4v) is 3.35. The molecule has 1 saturated heterocycles. The molecule has 1 amide bonds. The summed E-state index contributed by atoms with van der Waals surface area (Å²) < 4.78 is 6.73. The second kappa shape index (κ2) is 7.68. The summed E-state index contributed by atoms with van der Waals surface area (Å²) in [5.41, 5.74) is 0.320. The van der Waals surface area contributed by atoms with Crippen LogP contribution >= 0.6 is 0 Å². The molecular formula is C19H23N3O4. The average Bonchev–Trinajstić information content (AvgIpc) is 2.68. The molecule has 0 spiro atoms. The van der Waals surface area contributed by atoms with E-state index in [4.69, 9.17) is 4.74 Å². The maximum absolute atomic E-state index is 12.9. The van der Waals surface area contributed by atoms with Gasteiger partial charge >= 0.3 is 5.97 Å². The molecule has 1 aliphatic heterocycles. The van der Waals surface area contributed by atoms with Crippen LogP contribution in [0.2, 0.25) is 0 Å². The second-order valence-electron chi connectivity index (χ2n) is 6.33. The monoisotopic (exact) mass is 357 g/mol. The zero-order chi connectivity index (χ0) is 18.7. The lowest BCUT2D eigenvalue weighted by Gasteiger charge is -2.30. The first-order valence-corrected chi connectivity index (χ1v) is 9.02. The molecular weight excluding hydrogens is 334 g/mol. The van der Waals surface area contributed by atoms with Crippen LogP contribution in [-0.4, -0.2) is 46.3 Å². The molecule has 1 fully saturated rings. The molecule has 7 nitrogen and oxygen atoms in total. The van der Waals surface area contributed by atoms with Crippen molar-refractivity contribution in [2.24, 2.45) is 5.92 Å². The minimum Gasteiger partial charge on any atom is -0.466 e. The van der Waals surface area contributed by atoms with Crippen LogP contribution in [0.1, 0.15) is 37.2 Å². The normalized spacial score (nSPS) is 15.2. The van der Waals surface area contributed by atoms with Crippen molar-refractivity contribution in [3.05, 3.63) is 40.2 Å². The van der Waals surface area contributed by atoms with Crippen molar-refractivity contribution in [2.45, 2.75) is 33.2 Å². The number of hydrogen-bond donors (Lipinski definition) is 0. The quantitative estimate of drug-likeness (QED) is 0.780. The van der Waals surface area contributed by atoms with Crippen LogP contribution in [0.3, 0.4) is 0 Å². The molecule has 1 aliphatic rings. The lowest BCUT2D eigenvalue weighted by Crippen LogP contribution is -2.43. The molecule has 0 N–H and O–H groups in total. The van der Waals surface area contributed by atoms with Gasteiger partial charge in [-0.05, 0) is 38.8 Å². The largest absolute Gasteiger partial charge is 0.466 e. The molecule has 0 radical (unpaired) electrons. The molecule has 7 heteroatoms. The van der Waals surface area contributed by atoms with Gasteiger partial charge in [0.2, 0.25) is 5.43 Å². The van der Waals surface area contributed by atoms with Crippen LogP contribution in [0.25, 0.3) is 10.9 Å². The third kappa shape index (κ3) is 3.34. The summed E-state index contributed by atoms with van der Waals surface area (Å²) in [6.07, 6.45) is 1.08. The lowest BCUT2D eigenvalue weighted by molar-refractivity contribution is -0.149. The molecule has 0 aliphatic carbocycles. The predicted molar refractivity (Wildman–Crippen MR) is 96.9 cm³/mol. The Labute approximate surface area is 151 Å². The highest BCUT2D eigenvalue weighted by atomic mass is 16.5. The van der Waals surface area contributed by atoms with Gasteiger partial charge < -0.3 is 9.64 Å². The van der Waals surface area contributed by atoms with Gasteiger partial charge in [0.05, 0.1) is 18.0 Å². The molecule has 2 aromatic rings. The van der Waals surface area contributed by atoms with Crippen LogP contribution < -0.4 is 5.43 Å². The van der Waals surface area contributed by atoms with E-state index in [1.54, 1.807) is 28.6 Å². The van der Waals surface area contributed by atoms with Gasteiger partial charge in [0.1, 0.15) is 0 Å². The van der Waals surface area contributed by atoms with Crippen LogP contribution in [0.15, 0.2) is 29.1 Å². The number of aromatic nitrogens is 2. The van der Waals surface area contributed by atoms with Gasteiger partial charge in [-0.1, -0.05) is 12.1 Å². The number of nitrogens with zero attached hydrogens (tertiary/aromatic N) is 3. The number of fused-ring (bicyclic) bond motifs is 1. The SMILES string of the molecule is CCOC(=O)C1CCN(C(=O)c2nn(CC)c3ccccc3c2=O)CC1. The Morgan fingerprint density at radius 2 is 1.88 bits per heavy atom. The number of aryl methyl sites for hydroxylation is 1. The van der Waals surface area contributed by atoms with E-state index in [1.807, 2.05) is 19.1 Å². The van der Waals surface area contributed by atoms with E-state index in [2.05, 4.69) is 5.10 Å². The highest BCUT2D eigenvalue weighted by Gasteiger charge is 2.30. The fourth-order valence-electron chi connectivity index (χ4n) is 3.35. The van der Waals surface area contributed by atoms with Crippen molar-refractivity contribution >= 4 is 22.8 Å². The van der Waals surface area contributed by atoms with Gasteiger partial charge in [-0.25, -0.2) is 0 Å². The molecule has 0 saturated carbocycles.